The van der Waals surface area contributed by atoms with Crippen molar-refractivity contribution in [1.29, 1.82) is 0 Å². The van der Waals surface area contributed by atoms with E-state index in [2.05, 4.69) is 119 Å². The molecule has 6 rings (SSSR count). The average molecular weight is 502 g/mol. The lowest BCUT2D eigenvalue weighted by molar-refractivity contribution is 0.304. The maximum Gasteiger partial charge on any atom is 0.119 e. The van der Waals surface area contributed by atoms with Gasteiger partial charge in [-0.25, -0.2) is 0 Å². The van der Waals surface area contributed by atoms with Crippen LogP contribution < -0.4 is 10.1 Å². The van der Waals surface area contributed by atoms with Crippen molar-refractivity contribution < 1.29 is 4.74 Å². The summed E-state index contributed by atoms with van der Waals surface area (Å²) < 4.78 is 6.14. The largest absolute Gasteiger partial charge is 0.494 e. The van der Waals surface area contributed by atoms with Crippen LogP contribution in [-0.4, -0.2) is 6.61 Å². The van der Waals surface area contributed by atoms with Gasteiger partial charge in [0, 0.05) is 22.2 Å². The Morgan fingerprint density at radius 1 is 0.579 bits per heavy atom. The molecule has 2 aliphatic rings. The molecular formula is C36H39NO. The Morgan fingerprint density at radius 3 is 1.79 bits per heavy atom. The van der Waals surface area contributed by atoms with Gasteiger partial charge in [-0.3, -0.25) is 0 Å². The number of hydrogen-bond acceptors (Lipinski definition) is 2. The van der Waals surface area contributed by atoms with Gasteiger partial charge in [0.2, 0.25) is 0 Å². The molecule has 0 spiro atoms. The van der Waals surface area contributed by atoms with E-state index in [1.165, 1.54) is 63.8 Å². The molecule has 38 heavy (non-hydrogen) atoms. The van der Waals surface area contributed by atoms with E-state index in [1.807, 2.05) is 0 Å². The van der Waals surface area contributed by atoms with Crippen LogP contribution in [0.2, 0.25) is 0 Å². The third-order valence-electron chi connectivity index (χ3n) is 8.79. The van der Waals surface area contributed by atoms with Crippen molar-refractivity contribution in [2.75, 3.05) is 11.9 Å². The maximum atomic E-state index is 6.14. The molecule has 0 fully saturated rings. The zero-order valence-electron chi connectivity index (χ0n) is 23.4. The number of benzene rings is 4. The van der Waals surface area contributed by atoms with E-state index >= 15 is 0 Å². The molecule has 2 nitrogen and oxygen atoms in total. The highest BCUT2D eigenvalue weighted by Gasteiger charge is 2.37. The lowest BCUT2D eigenvalue weighted by Gasteiger charge is -2.23. The average Bonchev–Trinajstić information content (AvgIpc) is 3.28. The summed E-state index contributed by atoms with van der Waals surface area (Å²) in [5, 5.41) is 3.72. The number of unbranched alkanes of at least 4 members (excludes halogenated alkanes) is 3. The smallest absolute Gasteiger partial charge is 0.119 e. The molecule has 0 saturated carbocycles. The van der Waals surface area contributed by atoms with Gasteiger partial charge in [-0.2, -0.15) is 0 Å². The van der Waals surface area contributed by atoms with E-state index < -0.39 is 0 Å². The van der Waals surface area contributed by atoms with Gasteiger partial charge in [0.1, 0.15) is 5.75 Å². The van der Waals surface area contributed by atoms with Gasteiger partial charge in [0.05, 0.1) is 6.61 Å². The number of hydrogen-bond donors (Lipinski definition) is 1. The summed E-state index contributed by atoms with van der Waals surface area (Å²) in [5.74, 6) is 0.987. The standard InChI is InChI=1S/C36H39NO/c1-6-7-8-11-20-38-26-16-19-30-29-18-15-25(22-33(29)36(4,5)34(30)23-26)37-24-14-17-28-27-12-9-10-13-31(27)35(2,3)32(28)21-24/h9-10,12-19,21-23,37H,6-8,11,20H2,1-5H3. The van der Waals surface area contributed by atoms with Crippen LogP contribution in [-0.2, 0) is 10.8 Å². The van der Waals surface area contributed by atoms with Crippen LogP contribution >= 0.6 is 0 Å². The molecular weight excluding hydrogens is 462 g/mol. The lowest BCUT2D eigenvalue weighted by atomic mass is 9.82. The SMILES string of the molecule is CCCCCCOc1ccc2c(c1)C(C)(C)c1cc(Nc3ccc4c(c3)C(C)(C)c3ccccc3-4)ccc1-2. The monoisotopic (exact) mass is 501 g/mol. The van der Waals surface area contributed by atoms with Crippen molar-refractivity contribution in [3.8, 4) is 28.0 Å². The molecule has 4 aromatic carbocycles. The van der Waals surface area contributed by atoms with Crippen molar-refractivity contribution in [3.63, 3.8) is 0 Å². The van der Waals surface area contributed by atoms with E-state index in [0.29, 0.717) is 0 Å². The molecule has 0 amide bonds. The number of anilines is 2. The Bertz CT molecular complexity index is 1510. The fourth-order valence-corrected chi connectivity index (χ4v) is 6.55. The first-order valence-electron chi connectivity index (χ1n) is 14.2. The second kappa shape index (κ2) is 9.34. The Kier molecular flexibility index (Phi) is 6.10. The minimum absolute atomic E-state index is 0.000958. The lowest BCUT2D eigenvalue weighted by Crippen LogP contribution is -2.15. The first kappa shape index (κ1) is 24.8. The molecule has 0 radical (unpaired) electrons. The molecule has 0 aliphatic heterocycles. The molecule has 0 bridgehead atoms. The minimum atomic E-state index is -0.0779. The number of rotatable bonds is 8. The zero-order chi connectivity index (χ0) is 26.5. The summed E-state index contributed by atoms with van der Waals surface area (Å²) >= 11 is 0. The normalized spacial score (nSPS) is 15.4. The van der Waals surface area contributed by atoms with Crippen LogP contribution in [0, 0.1) is 0 Å². The summed E-state index contributed by atoms with van der Waals surface area (Å²) in [5.41, 5.74) is 13.1. The summed E-state index contributed by atoms with van der Waals surface area (Å²) in [6, 6.07) is 29.1. The molecule has 2 aliphatic carbocycles. The first-order valence-corrected chi connectivity index (χ1v) is 14.2. The van der Waals surface area contributed by atoms with Crippen LogP contribution in [0.5, 0.6) is 5.75 Å². The summed E-state index contributed by atoms with van der Waals surface area (Å²) in [7, 11) is 0. The Hall–Kier alpha value is -3.52. The Labute approximate surface area is 228 Å². The molecule has 0 atom stereocenters. The predicted molar refractivity (Wildman–Crippen MR) is 161 cm³/mol. The maximum absolute atomic E-state index is 6.14. The summed E-state index contributed by atoms with van der Waals surface area (Å²) in [6.07, 6.45) is 4.89. The van der Waals surface area contributed by atoms with Crippen molar-refractivity contribution in [3.05, 3.63) is 101 Å². The summed E-state index contributed by atoms with van der Waals surface area (Å²) in [6.45, 7) is 12.4. The van der Waals surface area contributed by atoms with Crippen LogP contribution in [0.25, 0.3) is 22.3 Å². The van der Waals surface area contributed by atoms with Gasteiger partial charge in [-0.1, -0.05) is 96.3 Å². The van der Waals surface area contributed by atoms with Crippen LogP contribution in [0.4, 0.5) is 11.4 Å². The first-order chi connectivity index (χ1) is 18.3. The summed E-state index contributed by atoms with van der Waals surface area (Å²) in [4.78, 5) is 0. The Morgan fingerprint density at radius 2 is 1.13 bits per heavy atom. The highest BCUT2D eigenvalue weighted by Crippen LogP contribution is 2.51. The zero-order valence-corrected chi connectivity index (χ0v) is 23.4. The van der Waals surface area contributed by atoms with Crippen LogP contribution in [0.3, 0.4) is 0 Å². The van der Waals surface area contributed by atoms with Crippen molar-refractivity contribution in [2.24, 2.45) is 0 Å². The molecule has 1 N–H and O–H groups in total. The highest BCUT2D eigenvalue weighted by molar-refractivity contribution is 5.85. The second-order valence-electron chi connectivity index (χ2n) is 12.1. The number of nitrogens with one attached hydrogen (secondary N) is 1. The van der Waals surface area contributed by atoms with Crippen molar-refractivity contribution in [1.82, 2.24) is 0 Å². The third kappa shape index (κ3) is 4.02. The quantitative estimate of drug-likeness (QED) is 0.243. The van der Waals surface area contributed by atoms with Crippen molar-refractivity contribution >= 4 is 11.4 Å². The van der Waals surface area contributed by atoms with Gasteiger partial charge in [-0.05, 0) is 87.3 Å². The molecule has 2 heteroatoms. The fraction of sp³-hybridized carbons (Fsp3) is 0.333. The van der Waals surface area contributed by atoms with Crippen LogP contribution in [0.1, 0.15) is 82.6 Å². The molecule has 0 heterocycles. The number of fused-ring (bicyclic) bond motifs is 6. The van der Waals surface area contributed by atoms with E-state index in [9.17, 15) is 0 Å². The molecule has 0 saturated heterocycles. The van der Waals surface area contributed by atoms with Gasteiger partial charge < -0.3 is 10.1 Å². The van der Waals surface area contributed by atoms with E-state index in [4.69, 9.17) is 4.74 Å². The molecule has 0 aromatic heterocycles. The molecule has 194 valence electrons. The highest BCUT2D eigenvalue weighted by atomic mass is 16.5. The van der Waals surface area contributed by atoms with E-state index in [-0.39, 0.29) is 10.8 Å². The molecule has 0 unspecified atom stereocenters. The second-order valence-corrected chi connectivity index (χ2v) is 12.1. The van der Waals surface area contributed by atoms with Gasteiger partial charge >= 0.3 is 0 Å². The number of ether oxygens (including phenoxy) is 1. The van der Waals surface area contributed by atoms with Gasteiger partial charge in [0.15, 0.2) is 0 Å². The minimum Gasteiger partial charge on any atom is -0.494 e. The predicted octanol–water partition coefficient (Wildman–Crippen LogP) is 10.0. The topological polar surface area (TPSA) is 21.3 Å². The fourth-order valence-electron chi connectivity index (χ4n) is 6.55. The third-order valence-corrected chi connectivity index (χ3v) is 8.79. The van der Waals surface area contributed by atoms with Gasteiger partial charge in [-0.15, -0.1) is 0 Å². The van der Waals surface area contributed by atoms with E-state index in [0.717, 1.165) is 30.2 Å². The van der Waals surface area contributed by atoms with Crippen molar-refractivity contribution in [2.45, 2.75) is 71.1 Å². The molecule has 4 aromatic rings. The van der Waals surface area contributed by atoms with Crippen LogP contribution in [0.15, 0.2) is 78.9 Å². The van der Waals surface area contributed by atoms with Gasteiger partial charge in [0.25, 0.3) is 0 Å². The Balaban J connectivity index is 1.25. The van der Waals surface area contributed by atoms with E-state index in [1.54, 1.807) is 0 Å².